The van der Waals surface area contributed by atoms with Crippen molar-refractivity contribution >= 4 is 50.9 Å². The van der Waals surface area contributed by atoms with Crippen molar-refractivity contribution in [3.63, 3.8) is 0 Å². The van der Waals surface area contributed by atoms with Gasteiger partial charge in [0.1, 0.15) is 0 Å². The SMILES string of the molecule is CN1CCCN(C(=O)CC2CCN(c3ncc(Br)cc3NC(=O)c3cccc(Cl)c3)CC2)CC1. The average molecular weight is 549 g/mol. The standard InChI is InChI=1S/C25H31BrClN5O2/c1-30-8-3-9-31(13-12-30)23(33)14-18-6-10-32(11-7-18)24-22(16-20(26)17-28-24)29-25(34)19-4-2-5-21(27)15-19/h2,4-5,15-18H,3,6-14H2,1H3,(H,29,34). The zero-order valence-electron chi connectivity index (χ0n) is 19.5. The normalized spacial score (nSPS) is 18.0. The van der Waals surface area contributed by atoms with E-state index in [1.165, 1.54) is 0 Å². The number of carbonyl (C=O) groups excluding carboxylic acids is 2. The lowest BCUT2D eigenvalue weighted by Crippen LogP contribution is -2.39. The van der Waals surface area contributed by atoms with Crippen LogP contribution in [0.2, 0.25) is 5.02 Å². The molecule has 3 heterocycles. The van der Waals surface area contributed by atoms with Crippen molar-refractivity contribution < 1.29 is 9.59 Å². The largest absolute Gasteiger partial charge is 0.355 e. The summed E-state index contributed by atoms with van der Waals surface area (Å²) in [5.41, 5.74) is 1.15. The van der Waals surface area contributed by atoms with E-state index in [4.69, 9.17) is 11.6 Å². The van der Waals surface area contributed by atoms with Crippen LogP contribution in [0, 0.1) is 5.92 Å². The first-order chi connectivity index (χ1) is 16.4. The van der Waals surface area contributed by atoms with Gasteiger partial charge in [-0.25, -0.2) is 4.98 Å². The first-order valence-corrected chi connectivity index (χ1v) is 13.0. The van der Waals surface area contributed by atoms with Crippen LogP contribution in [0.4, 0.5) is 11.5 Å². The van der Waals surface area contributed by atoms with Crippen molar-refractivity contribution in [2.75, 3.05) is 56.5 Å². The van der Waals surface area contributed by atoms with Crippen LogP contribution in [0.1, 0.15) is 36.0 Å². The molecular formula is C25H31BrClN5O2. The Bertz CT molecular complexity index is 1030. The van der Waals surface area contributed by atoms with Gasteiger partial charge in [0.2, 0.25) is 5.91 Å². The highest BCUT2D eigenvalue weighted by Crippen LogP contribution is 2.31. The van der Waals surface area contributed by atoms with E-state index in [9.17, 15) is 9.59 Å². The molecule has 0 unspecified atom stereocenters. The number of hydrogen-bond donors (Lipinski definition) is 1. The molecule has 1 N–H and O–H groups in total. The van der Waals surface area contributed by atoms with E-state index < -0.39 is 0 Å². The van der Waals surface area contributed by atoms with E-state index >= 15 is 0 Å². The first kappa shape index (κ1) is 24.9. The summed E-state index contributed by atoms with van der Waals surface area (Å²) in [6, 6.07) is 8.75. The van der Waals surface area contributed by atoms with Crippen molar-refractivity contribution in [1.29, 1.82) is 0 Å². The van der Waals surface area contributed by atoms with Crippen molar-refractivity contribution in [1.82, 2.24) is 14.8 Å². The molecule has 2 aliphatic rings. The summed E-state index contributed by atoms with van der Waals surface area (Å²) in [4.78, 5) is 36.8. The van der Waals surface area contributed by atoms with E-state index in [1.807, 2.05) is 11.0 Å². The predicted octanol–water partition coefficient (Wildman–Crippen LogP) is 4.52. The third-order valence-electron chi connectivity index (χ3n) is 6.62. The number of halogens is 2. The number of nitrogens with one attached hydrogen (secondary N) is 1. The Morgan fingerprint density at radius 2 is 1.91 bits per heavy atom. The summed E-state index contributed by atoms with van der Waals surface area (Å²) < 4.78 is 0.793. The topological polar surface area (TPSA) is 68.8 Å². The highest BCUT2D eigenvalue weighted by Gasteiger charge is 2.27. The van der Waals surface area contributed by atoms with Crippen LogP contribution in [0.3, 0.4) is 0 Å². The second kappa shape index (κ2) is 11.5. The smallest absolute Gasteiger partial charge is 0.255 e. The zero-order valence-corrected chi connectivity index (χ0v) is 21.8. The molecule has 2 saturated heterocycles. The number of anilines is 2. The van der Waals surface area contributed by atoms with Gasteiger partial charge < -0.3 is 20.0 Å². The number of hydrogen-bond acceptors (Lipinski definition) is 5. The predicted molar refractivity (Wildman–Crippen MR) is 140 cm³/mol. The number of piperidine rings is 1. The molecule has 7 nitrogen and oxygen atoms in total. The molecule has 9 heteroatoms. The second-order valence-electron chi connectivity index (χ2n) is 9.16. The second-order valence-corrected chi connectivity index (χ2v) is 10.5. The molecule has 0 aliphatic carbocycles. The minimum atomic E-state index is -0.229. The average Bonchev–Trinajstić information content (AvgIpc) is 3.04. The Kier molecular flexibility index (Phi) is 8.45. The number of carbonyl (C=O) groups is 2. The highest BCUT2D eigenvalue weighted by molar-refractivity contribution is 9.10. The summed E-state index contributed by atoms with van der Waals surface area (Å²) in [5.74, 6) is 1.18. The molecule has 0 saturated carbocycles. The van der Waals surface area contributed by atoms with E-state index in [2.05, 4.69) is 43.1 Å². The summed E-state index contributed by atoms with van der Waals surface area (Å²) in [7, 11) is 2.12. The minimum Gasteiger partial charge on any atom is -0.355 e. The fourth-order valence-corrected chi connectivity index (χ4v) is 5.14. The molecule has 0 atom stereocenters. The molecule has 0 bridgehead atoms. The van der Waals surface area contributed by atoms with Gasteiger partial charge in [-0.3, -0.25) is 9.59 Å². The highest BCUT2D eigenvalue weighted by atomic mass is 79.9. The maximum Gasteiger partial charge on any atom is 0.255 e. The Labute approximate surface area is 214 Å². The molecule has 2 fully saturated rings. The van der Waals surface area contributed by atoms with Gasteiger partial charge in [-0.15, -0.1) is 0 Å². The fraction of sp³-hybridized carbons (Fsp3) is 0.480. The Balaban J connectivity index is 1.36. The van der Waals surface area contributed by atoms with E-state index in [0.717, 1.165) is 68.8 Å². The molecule has 2 amide bonds. The fourth-order valence-electron chi connectivity index (χ4n) is 4.62. The van der Waals surface area contributed by atoms with Crippen LogP contribution in [0.25, 0.3) is 0 Å². The van der Waals surface area contributed by atoms with Crippen LogP contribution in [-0.4, -0.2) is 72.9 Å². The quantitative estimate of drug-likeness (QED) is 0.595. The van der Waals surface area contributed by atoms with Crippen LogP contribution in [0.15, 0.2) is 41.0 Å². The van der Waals surface area contributed by atoms with Gasteiger partial charge in [-0.05, 0) is 79.0 Å². The summed E-state index contributed by atoms with van der Waals surface area (Å²) >= 11 is 9.51. The number of likely N-dealkylation sites (N-methyl/N-ethyl adjacent to an activating group) is 1. The van der Waals surface area contributed by atoms with Gasteiger partial charge in [0.25, 0.3) is 5.91 Å². The van der Waals surface area contributed by atoms with E-state index in [-0.39, 0.29) is 11.8 Å². The van der Waals surface area contributed by atoms with Gasteiger partial charge in [0.15, 0.2) is 5.82 Å². The maximum absolute atomic E-state index is 12.9. The molecular weight excluding hydrogens is 518 g/mol. The van der Waals surface area contributed by atoms with Crippen molar-refractivity contribution in [2.24, 2.45) is 5.92 Å². The van der Waals surface area contributed by atoms with Gasteiger partial charge in [0.05, 0.1) is 5.69 Å². The number of amides is 2. The van der Waals surface area contributed by atoms with Gasteiger partial charge in [0, 0.05) is 60.4 Å². The number of pyridine rings is 1. The molecule has 2 aliphatic heterocycles. The molecule has 2 aromatic rings. The minimum absolute atomic E-state index is 0.229. The van der Waals surface area contributed by atoms with E-state index in [1.54, 1.807) is 30.5 Å². The van der Waals surface area contributed by atoms with Crippen molar-refractivity contribution in [3.8, 4) is 0 Å². The summed E-state index contributed by atoms with van der Waals surface area (Å²) in [6.45, 7) is 5.29. The summed E-state index contributed by atoms with van der Waals surface area (Å²) in [6.07, 6.45) is 5.26. The third-order valence-corrected chi connectivity index (χ3v) is 7.29. The molecule has 1 aromatic heterocycles. The van der Waals surface area contributed by atoms with Crippen molar-refractivity contribution in [2.45, 2.75) is 25.7 Å². The monoisotopic (exact) mass is 547 g/mol. The lowest BCUT2D eigenvalue weighted by Gasteiger charge is -2.34. The van der Waals surface area contributed by atoms with Crippen LogP contribution >= 0.6 is 27.5 Å². The Morgan fingerprint density at radius 1 is 1.12 bits per heavy atom. The number of rotatable bonds is 5. The van der Waals surface area contributed by atoms with Gasteiger partial charge in [-0.2, -0.15) is 0 Å². The Morgan fingerprint density at radius 3 is 2.68 bits per heavy atom. The molecule has 0 radical (unpaired) electrons. The van der Waals surface area contributed by atoms with Crippen molar-refractivity contribution in [3.05, 3.63) is 51.6 Å². The van der Waals surface area contributed by atoms with Gasteiger partial charge in [-0.1, -0.05) is 17.7 Å². The molecule has 4 rings (SSSR count). The zero-order chi connectivity index (χ0) is 24.1. The third kappa shape index (κ3) is 6.49. The Hall–Kier alpha value is -2.16. The molecule has 1 aromatic carbocycles. The molecule has 0 spiro atoms. The number of benzene rings is 1. The van der Waals surface area contributed by atoms with E-state index in [0.29, 0.717) is 28.6 Å². The molecule has 182 valence electrons. The van der Waals surface area contributed by atoms with Crippen LogP contribution < -0.4 is 10.2 Å². The first-order valence-electron chi connectivity index (χ1n) is 11.8. The number of aromatic nitrogens is 1. The van der Waals surface area contributed by atoms with Gasteiger partial charge >= 0.3 is 0 Å². The lowest BCUT2D eigenvalue weighted by atomic mass is 9.93. The van der Waals surface area contributed by atoms with Crippen LogP contribution in [-0.2, 0) is 4.79 Å². The maximum atomic E-state index is 12.9. The number of nitrogens with zero attached hydrogens (tertiary/aromatic N) is 4. The summed E-state index contributed by atoms with van der Waals surface area (Å²) in [5, 5.41) is 3.51. The lowest BCUT2D eigenvalue weighted by molar-refractivity contribution is -0.132. The van der Waals surface area contributed by atoms with Crippen LogP contribution in [0.5, 0.6) is 0 Å². The molecule has 34 heavy (non-hydrogen) atoms.